The van der Waals surface area contributed by atoms with Crippen LogP contribution in [0.4, 0.5) is 0 Å². The third kappa shape index (κ3) is 3.66. The summed E-state index contributed by atoms with van der Waals surface area (Å²) in [4.78, 5) is 35.3. The fourth-order valence-corrected chi connectivity index (χ4v) is 1.81. The Kier molecular flexibility index (Phi) is 5.28. The third-order valence-electron chi connectivity index (χ3n) is 2.46. The lowest BCUT2D eigenvalue weighted by molar-refractivity contribution is -0.156. The molecule has 0 aliphatic rings. The maximum Gasteiger partial charge on any atom is 0.340 e. The van der Waals surface area contributed by atoms with Crippen molar-refractivity contribution in [1.29, 1.82) is 0 Å². The van der Waals surface area contributed by atoms with Crippen LogP contribution in [0.5, 0.6) is 0 Å². The molecular formula is C12H12INO5. The van der Waals surface area contributed by atoms with Crippen LogP contribution in [0, 0.1) is 3.57 Å². The van der Waals surface area contributed by atoms with Gasteiger partial charge >= 0.3 is 11.9 Å². The minimum Gasteiger partial charge on any atom is -0.479 e. The Morgan fingerprint density at radius 2 is 1.79 bits per heavy atom. The summed E-state index contributed by atoms with van der Waals surface area (Å²) in [6, 6.07) is 4.91. The van der Waals surface area contributed by atoms with Crippen molar-refractivity contribution in [2.24, 2.45) is 0 Å². The number of likely N-dealkylation sites (N-methyl/N-ethyl adjacent to an activating group) is 1. The number of methoxy groups -OCH3 is 1. The van der Waals surface area contributed by atoms with Crippen LogP contribution in [0.3, 0.4) is 0 Å². The van der Waals surface area contributed by atoms with Gasteiger partial charge in [0, 0.05) is 16.2 Å². The molecule has 1 aromatic rings. The van der Waals surface area contributed by atoms with E-state index < -0.39 is 23.9 Å². The number of carboxylic acid groups (broad SMARTS) is 1. The Hall–Kier alpha value is -1.64. The number of benzene rings is 1. The van der Waals surface area contributed by atoms with Crippen molar-refractivity contribution in [3.05, 3.63) is 33.4 Å². The largest absolute Gasteiger partial charge is 0.479 e. The summed E-state index contributed by atoms with van der Waals surface area (Å²) in [6.07, 6.45) is 0. The molecule has 0 saturated heterocycles. The van der Waals surface area contributed by atoms with E-state index in [9.17, 15) is 14.4 Å². The Bertz CT molecular complexity index is 499. The van der Waals surface area contributed by atoms with Crippen molar-refractivity contribution >= 4 is 40.4 Å². The minimum atomic E-state index is -1.66. The molecule has 1 rings (SSSR count). The summed E-state index contributed by atoms with van der Waals surface area (Å²) in [7, 11) is 2.32. The highest BCUT2D eigenvalue weighted by Gasteiger charge is 2.34. The summed E-state index contributed by atoms with van der Waals surface area (Å²) in [5.41, 5.74) is 0.304. The van der Waals surface area contributed by atoms with Crippen LogP contribution < -0.4 is 0 Å². The van der Waals surface area contributed by atoms with Gasteiger partial charge in [0.15, 0.2) is 0 Å². The monoisotopic (exact) mass is 377 g/mol. The molecule has 102 valence electrons. The molecule has 0 spiro atoms. The molecule has 19 heavy (non-hydrogen) atoms. The maximum atomic E-state index is 12.1. The van der Waals surface area contributed by atoms with Gasteiger partial charge in [-0.3, -0.25) is 4.79 Å². The molecule has 1 amide bonds. The number of carbonyl (C=O) groups is 3. The van der Waals surface area contributed by atoms with Gasteiger partial charge < -0.3 is 14.7 Å². The van der Waals surface area contributed by atoms with Gasteiger partial charge in [0.25, 0.3) is 5.91 Å². The molecule has 1 unspecified atom stereocenters. The summed E-state index contributed by atoms with van der Waals surface area (Å²) in [6.45, 7) is 0. The smallest absolute Gasteiger partial charge is 0.340 e. The van der Waals surface area contributed by atoms with E-state index in [0.717, 1.165) is 15.6 Å². The number of carbonyl (C=O) groups excluding carboxylic acids is 2. The lowest BCUT2D eigenvalue weighted by Gasteiger charge is -2.22. The van der Waals surface area contributed by atoms with E-state index in [-0.39, 0.29) is 0 Å². The van der Waals surface area contributed by atoms with Crippen molar-refractivity contribution in [2.75, 3.05) is 14.2 Å². The van der Waals surface area contributed by atoms with E-state index in [0.29, 0.717) is 5.56 Å². The average Bonchev–Trinajstić information content (AvgIpc) is 2.38. The van der Waals surface area contributed by atoms with E-state index in [2.05, 4.69) is 27.3 Å². The number of rotatable bonds is 4. The second kappa shape index (κ2) is 6.50. The predicted molar refractivity (Wildman–Crippen MR) is 74.7 cm³/mol. The zero-order valence-corrected chi connectivity index (χ0v) is 12.4. The van der Waals surface area contributed by atoms with E-state index in [1.165, 1.54) is 7.05 Å². The summed E-state index contributed by atoms with van der Waals surface area (Å²) >= 11 is 2.08. The molecule has 0 fully saturated rings. The van der Waals surface area contributed by atoms with Gasteiger partial charge in [0.2, 0.25) is 6.04 Å². The van der Waals surface area contributed by atoms with E-state index >= 15 is 0 Å². The number of amides is 1. The zero-order chi connectivity index (χ0) is 14.6. The zero-order valence-electron chi connectivity index (χ0n) is 10.3. The van der Waals surface area contributed by atoms with Crippen LogP contribution in [0.25, 0.3) is 0 Å². The SMILES string of the molecule is COC(=O)C(C(=O)O)N(C)C(=O)c1ccc(I)cc1. The molecule has 0 aliphatic carbocycles. The lowest BCUT2D eigenvalue weighted by atomic mass is 10.1. The van der Waals surface area contributed by atoms with Gasteiger partial charge in [-0.2, -0.15) is 0 Å². The van der Waals surface area contributed by atoms with E-state index in [1.807, 2.05) is 0 Å². The number of esters is 1. The molecule has 0 heterocycles. The Morgan fingerprint density at radius 1 is 1.26 bits per heavy atom. The van der Waals surface area contributed by atoms with Gasteiger partial charge in [0.1, 0.15) is 0 Å². The van der Waals surface area contributed by atoms with Gasteiger partial charge in [-0.25, -0.2) is 9.59 Å². The number of aliphatic carboxylic acids is 1. The topological polar surface area (TPSA) is 83.9 Å². The molecule has 7 heteroatoms. The van der Waals surface area contributed by atoms with Crippen molar-refractivity contribution in [3.63, 3.8) is 0 Å². The number of nitrogens with zero attached hydrogens (tertiary/aromatic N) is 1. The fraction of sp³-hybridized carbons (Fsp3) is 0.250. The van der Waals surface area contributed by atoms with Crippen LogP contribution in [0.1, 0.15) is 10.4 Å². The molecule has 1 atom stereocenters. The first-order chi connectivity index (χ1) is 8.88. The Morgan fingerprint density at radius 3 is 2.21 bits per heavy atom. The van der Waals surface area contributed by atoms with Crippen LogP contribution in [-0.4, -0.2) is 48.1 Å². The highest BCUT2D eigenvalue weighted by atomic mass is 127. The molecule has 0 aliphatic heterocycles. The number of hydrogen-bond donors (Lipinski definition) is 1. The molecule has 1 N–H and O–H groups in total. The molecule has 6 nitrogen and oxygen atoms in total. The minimum absolute atomic E-state index is 0.304. The standard InChI is InChI=1S/C12H12INO5/c1-14(9(11(16)17)12(18)19-2)10(15)7-3-5-8(13)6-4-7/h3-6,9H,1-2H3,(H,16,17). The number of carboxylic acids is 1. The first kappa shape index (κ1) is 15.4. The van der Waals surface area contributed by atoms with Gasteiger partial charge in [-0.05, 0) is 46.9 Å². The fourth-order valence-electron chi connectivity index (χ4n) is 1.45. The highest BCUT2D eigenvalue weighted by Crippen LogP contribution is 2.11. The van der Waals surface area contributed by atoms with Crippen molar-refractivity contribution < 1.29 is 24.2 Å². The molecule has 0 aromatic heterocycles. The maximum absolute atomic E-state index is 12.1. The quantitative estimate of drug-likeness (QED) is 0.481. The lowest BCUT2D eigenvalue weighted by Crippen LogP contribution is -2.48. The Balaban J connectivity index is 2.99. The van der Waals surface area contributed by atoms with Crippen molar-refractivity contribution in [1.82, 2.24) is 4.90 Å². The van der Waals surface area contributed by atoms with Crippen molar-refractivity contribution in [2.45, 2.75) is 6.04 Å². The molecular weight excluding hydrogens is 365 g/mol. The number of halogens is 1. The number of hydrogen-bond acceptors (Lipinski definition) is 4. The summed E-state index contributed by atoms with van der Waals surface area (Å²) in [5, 5.41) is 8.99. The Labute approximate surface area is 123 Å². The van der Waals surface area contributed by atoms with Crippen LogP contribution in [0.2, 0.25) is 0 Å². The summed E-state index contributed by atoms with van der Waals surface area (Å²) in [5.74, 6) is -2.99. The van der Waals surface area contributed by atoms with Gasteiger partial charge in [0.05, 0.1) is 7.11 Å². The van der Waals surface area contributed by atoms with E-state index in [4.69, 9.17) is 5.11 Å². The molecule has 0 radical (unpaired) electrons. The predicted octanol–water partition coefficient (Wildman–Crippen LogP) is 0.989. The third-order valence-corrected chi connectivity index (χ3v) is 3.18. The van der Waals surface area contributed by atoms with Gasteiger partial charge in [-0.15, -0.1) is 0 Å². The second-order valence-corrected chi connectivity index (χ2v) is 4.93. The normalized spacial score (nSPS) is 11.5. The summed E-state index contributed by atoms with van der Waals surface area (Å²) < 4.78 is 5.33. The average molecular weight is 377 g/mol. The van der Waals surface area contributed by atoms with Gasteiger partial charge in [-0.1, -0.05) is 0 Å². The van der Waals surface area contributed by atoms with Crippen molar-refractivity contribution in [3.8, 4) is 0 Å². The highest BCUT2D eigenvalue weighted by molar-refractivity contribution is 14.1. The molecule has 1 aromatic carbocycles. The number of ether oxygens (including phenoxy) is 1. The first-order valence-electron chi connectivity index (χ1n) is 5.22. The van der Waals surface area contributed by atoms with Crippen LogP contribution >= 0.6 is 22.6 Å². The van der Waals surface area contributed by atoms with Crippen LogP contribution in [-0.2, 0) is 14.3 Å². The van der Waals surface area contributed by atoms with Crippen LogP contribution in [0.15, 0.2) is 24.3 Å². The van der Waals surface area contributed by atoms with E-state index in [1.54, 1.807) is 24.3 Å². The second-order valence-electron chi connectivity index (χ2n) is 3.69. The first-order valence-corrected chi connectivity index (χ1v) is 6.29. The molecule has 0 bridgehead atoms. The molecule has 0 saturated carbocycles.